The minimum Gasteiger partial charge on any atom is -0.395 e. The molecule has 0 spiro atoms. The van der Waals surface area contributed by atoms with E-state index in [4.69, 9.17) is 5.11 Å². The molecule has 9 heavy (non-hydrogen) atoms. The van der Waals surface area contributed by atoms with Crippen LogP contribution in [-0.2, 0) is 0 Å². The molecule has 0 saturated heterocycles. The highest BCUT2D eigenvalue weighted by atomic mass is 127. The Morgan fingerprint density at radius 1 is 1.56 bits per heavy atom. The molecule has 0 aromatic carbocycles. The summed E-state index contributed by atoms with van der Waals surface area (Å²) >= 11 is 2.11. The molecule has 0 aliphatic rings. The van der Waals surface area contributed by atoms with Crippen LogP contribution in [0.15, 0.2) is 0 Å². The molecule has 0 aromatic heterocycles. The molecule has 0 radical (unpaired) electrons. The van der Waals surface area contributed by atoms with Gasteiger partial charge in [-0.05, 0) is 7.05 Å². The molecular formula is C5H13IN2O. The second-order valence-electron chi connectivity index (χ2n) is 1.91. The van der Waals surface area contributed by atoms with Crippen molar-refractivity contribution in [3.05, 3.63) is 0 Å². The average molecular weight is 244 g/mol. The van der Waals surface area contributed by atoms with E-state index in [1.807, 2.05) is 7.05 Å². The summed E-state index contributed by atoms with van der Waals surface area (Å²) in [5.41, 5.74) is 0. The lowest BCUT2D eigenvalue weighted by atomic mass is 10.5. The molecule has 0 fully saturated rings. The monoisotopic (exact) mass is 244 g/mol. The third-order valence-corrected chi connectivity index (χ3v) is 1.61. The zero-order chi connectivity index (χ0) is 7.11. The summed E-state index contributed by atoms with van der Waals surface area (Å²) in [5.74, 6) is 0. The lowest BCUT2D eigenvalue weighted by molar-refractivity contribution is 0.224. The van der Waals surface area contributed by atoms with Gasteiger partial charge in [0.2, 0.25) is 0 Å². The molecular weight excluding hydrogens is 231 g/mol. The second-order valence-corrected chi connectivity index (χ2v) is 2.67. The summed E-state index contributed by atoms with van der Waals surface area (Å²) in [6.07, 6.45) is 0. The van der Waals surface area contributed by atoms with Gasteiger partial charge in [-0.3, -0.25) is 3.53 Å². The van der Waals surface area contributed by atoms with Crippen molar-refractivity contribution in [2.75, 3.05) is 33.3 Å². The van der Waals surface area contributed by atoms with Crippen LogP contribution in [0.1, 0.15) is 0 Å². The summed E-state index contributed by atoms with van der Waals surface area (Å²) in [6, 6.07) is 0. The van der Waals surface area contributed by atoms with Gasteiger partial charge >= 0.3 is 0 Å². The zero-order valence-electron chi connectivity index (χ0n) is 5.60. The van der Waals surface area contributed by atoms with Crippen molar-refractivity contribution >= 4 is 22.9 Å². The van der Waals surface area contributed by atoms with E-state index in [1.165, 1.54) is 0 Å². The lowest BCUT2D eigenvalue weighted by Gasteiger charge is -2.13. The summed E-state index contributed by atoms with van der Waals surface area (Å²) in [6.45, 7) is 2.97. The Hall–Kier alpha value is 0.610. The molecule has 0 unspecified atom stereocenters. The number of rotatable bonds is 5. The molecule has 0 heterocycles. The minimum atomic E-state index is 0.248. The largest absolute Gasteiger partial charge is 0.395 e. The van der Waals surface area contributed by atoms with Crippen molar-refractivity contribution in [2.24, 2.45) is 0 Å². The Labute approximate surface area is 69.9 Å². The van der Waals surface area contributed by atoms with Crippen molar-refractivity contribution in [3.8, 4) is 0 Å². The first kappa shape index (κ1) is 9.61. The molecule has 0 amide bonds. The van der Waals surface area contributed by atoms with Crippen molar-refractivity contribution < 1.29 is 5.11 Å². The topological polar surface area (TPSA) is 35.5 Å². The predicted molar refractivity (Wildman–Crippen MR) is 46.6 cm³/mol. The fourth-order valence-corrected chi connectivity index (χ4v) is 0.757. The quantitative estimate of drug-likeness (QED) is 0.521. The summed E-state index contributed by atoms with van der Waals surface area (Å²) < 4.78 is 3.00. The maximum absolute atomic E-state index is 8.47. The van der Waals surface area contributed by atoms with E-state index in [0.29, 0.717) is 0 Å². The highest BCUT2D eigenvalue weighted by Gasteiger charge is 1.93. The third kappa shape index (κ3) is 6.50. The van der Waals surface area contributed by atoms with Crippen LogP contribution in [0.4, 0.5) is 0 Å². The summed E-state index contributed by atoms with van der Waals surface area (Å²) in [7, 11) is 1.99. The fraction of sp³-hybridized carbons (Fsp3) is 1.00. The highest BCUT2D eigenvalue weighted by Crippen LogP contribution is 1.79. The standard InChI is InChI=1S/C5H13IN2O/c1-8(4-5-9)3-2-7-6/h7,9H,2-5H2,1H3. The molecule has 0 saturated carbocycles. The van der Waals surface area contributed by atoms with E-state index >= 15 is 0 Å². The SMILES string of the molecule is CN(CCO)CCNI. The first-order valence-corrected chi connectivity index (χ1v) is 4.02. The Morgan fingerprint density at radius 3 is 2.67 bits per heavy atom. The van der Waals surface area contributed by atoms with E-state index < -0.39 is 0 Å². The van der Waals surface area contributed by atoms with E-state index in [9.17, 15) is 0 Å². The molecule has 4 heteroatoms. The van der Waals surface area contributed by atoms with Crippen LogP contribution < -0.4 is 3.53 Å². The van der Waals surface area contributed by atoms with Gasteiger partial charge in [0.15, 0.2) is 0 Å². The van der Waals surface area contributed by atoms with Crippen LogP contribution in [0.3, 0.4) is 0 Å². The zero-order valence-corrected chi connectivity index (χ0v) is 7.76. The van der Waals surface area contributed by atoms with Crippen LogP contribution in [0.25, 0.3) is 0 Å². The molecule has 0 aliphatic carbocycles. The Balaban J connectivity index is 2.95. The first-order chi connectivity index (χ1) is 4.31. The number of nitrogens with one attached hydrogen (secondary N) is 1. The Bertz CT molecular complexity index is 62.9. The van der Waals surface area contributed by atoms with E-state index in [0.717, 1.165) is 19.6 Å². The smallest absolute Gasteiger partial charge is 0.0558 e. The average Bonchev–Trinajstić information content (AvgIpc) is 1.85. The molecule has 0 atom stereocenters. The van der Waals surface area contributed by atoms with Gasteiger partial charge in [0.1, 0.15) is 0 Å². The third-order valence-electron chi connectivity index (χ3n) is 1.07. The van der Waals surface area contributed by atoms with Crippen LogP contribution in [0.2, 0.25) is 0 Å². The number of nitrogens with zero attached hydrogens (tertiary/aromatic N) is 1. The second kappa shape index (κ2) is 6.73. The van der Waals surface area contributed by atoms with Crippen LogP contribution in [-0.4, -0.2) is 43.3 Å². The van der Waals surface area contributed by atoms with Gasteiger partial charge in [-0.2, -0.15) is 0 Å². The molecule has 0 aliphatic heterocycles. The number of hydrogen-bond acceptors (Lipinski definition) is 3. The van der Waals surface area contributed by atoms with Gasteiger partial charge in [-0.1, -0.05) is 0 Å². The Morgan fingerprint density at radius 2 is 2.22 bits per heavy atom. The van der Waals surface area contributed by atoms with Crippen LogP contribution in [0, 0.1) is 0 Å². The van der Waals surface area contributed by atoms with E-state index in [1.54, 1.807) is 0 Å². The van der Waals surface area contributed by atoms with Crippen molar-refractivity contribution in [1.29, 1.82) is 0 Å². The number of aliphatic hydroxyl groups is 1. The normalized spacial score (nSPS) is 10.7. The predicted octanol–water partition coefficient (Wildman–Crippen LogP) is -0.150. The maximum Gasteiger partial charge on any atom is 0.0558 e. The molecule has 0 rings (SSSR count). The molecule has 56 valence electrons. The lowest BCUT2D eigenvalue weighted by Crippen LogP contribution is -2.27. The number of hydrogen-bond donors (Lipinski definition) is 2. The number of halogens is 1. The van der Waals surface area contributed by atoms with Gasteiger partial charge in [-0.25, -0.2) is 0 Å². The van der Waals surface area contributed by atoms with Crippen molar-refractivity contribution in [1.82, 2.24) is 8.43 Å². The first-order valence-electron chi connectivity index (χ1n) is 2.94. The Kier molecular flexibility index (Phi) is 7.18. The highest BCUT2D eigenvalue weighted by molar-refractivity contribution is 14.1. The summed E-state index contributed by atoms with van der Waals surface area (Å²) in [5, 5.41) is 8.47. The number of likely N-dealkylation sites (N-methyl/N-ethyl adjacent to an activating group) is 1. The van der Waals surface area contributed by atoms with E-state index in [-0.39, 0.29) is 6.61 Å². The van der Waals surface area contributed by atoms with Crippen LogP contribution >= 0.6 is 22.9 Å². The molecule has 3 nitrogen and oxygen atoms in total. The molecule has 2 N–H and O–H groups in total. The maximum atomic E-state index is 8.47. The van der Waals surface area contributed by atoms with Crippen molar-refractivity contribution in [2.45, 2.75) is 0 Å². The van der Waals surface area contributed by atoms with E-state index in [2.05, 4.69) is 31.3 Å². The summed E-state index contributed by atoms with van der Waals surface area (Å²) in [4.78, 5) is 2.08. The minimum absolute atomic E-state index is 0.248. The van der Waals surface area contributed by atoms with Gasteiger partial charge in [0, 0.05) is 42.5 Å². The number of aliphatic hydroxyl groups excluding tert-OH is 1. The fourth-order valence-electron chi connectivity index (χ4n) is 0.516. The molecule has 0 aromatic rings. The molecule has 0 bridgehead atoms. The van der Waals surface area contributed by atoms with Gasteiger partial charge in [-0.15, -0.1) is 0 Å². The van der Waals surface area contributed by atoms with Gasteiger partial charge in [0.25, 0.3) is 0 Å². The van der Waals surface area contributed by atoms with Gasteiger partial charge in [0.05, 0.1) is 6.61 Å². The van der Waals surface area contributed by atoms with Crippen LogP contribution in [0.5, 0.6) is 0 Å². The van der Waals surface area contributed by atoms with Gasteiger partial charge < -0.3 is 10.0 Å². The van der Waals surface area contributed by atoms with Crippen molar-refractivity contribution in [3.63, 3.8) is 0 Å².